The van der Waals surface area contributed by atoms with Crippen molar-refractivity contribution in [3.8, 4) is 6.07 Å². The van der Waals surface area contributed by atoms with Gasteiger partial charge in [-0.1, -0.05) is 32.9 Å². The summed E-state index contributed by atoms with van der Waals surface area (Å²) >= 11 is 0. The van der Waals surface area contributed by atoms with Crippen LogP contribution in [0.4, 0.5) is 5.82 Å². The van der Waals surface area contributed by atoms with E-state index in [4.69, 9.17) is 4.98 Å². The summed E-state index contributed by atoms with van der Waals surface area (Å²) in [6.07, 6.45) is 3.09. The van der Waals surface area contributed by atoms with Crippen LogP contribution in [0.15, 0.2) is 24.3 Å². The fourth-order valence-corrected chi connectivity index (χ4v) is 3.41. The van der Waals surface area contributed by atoms with E-state index < -0.39 is 0 Å². The van der Waals surface area contributed by atoms with Crippen molar-refractivity contribution in [2.45, 2.75) is 59.9 Å². The van der Waals surface area contributed by atoms with E-state index in [1.54, 1.807) is 0 Å². The van der Waals surface area contributed by atoms with Gasteiger partial charge < -0.3 is 5.32 Å². The van der Waals surface area contributed by atoms with Gasteiger partial charge in [0.25, 0.3) is 0 Å². The maximum absolute atomic E-state index is 9.84. The number of aromatic nitrogens is 2. The Morgan fingerprint density at radius 3 is 2.62 bits per heavy atom. The van der Waals surface area contributed by atoms with Crippen molar-refractivity contribution in [2.75, 3.05) is 5.32 Å². The van der Waals surface area contributed by atoms with Crippen LogP contribution < -0.4 is 5.32 Å². The maximum atomic E-state index is 9.84. The van der Waals surface area contributed by atoms with Gasteiger partial charge in [0, 0.05) is 6.04 Å². The summed E-state index contributed by atoms with van der Waals surface area (Å²) < 4.78 is 2.16. The SMILES string of the molecule is CCC(C)Nc1c(CCC(C)C)c(C)c(C#N)c2nc3ccccc3n12. The molecular formula is C22H28N4. The topological polar surface area (TPSA) is 53.1 Å². The van der Waals surface area contributed by atoms with Gasteiger partial charge in [-0.25, -0.2) is 4.98 Å². The summed E-state index contributed by atoms with van der Waals surface area (Å²) in [7, 11) is 0. The zero-order valence-corrected chi connectivity index (χ0v) is 16.4. The van der Waals surface area contributed by atoms with Crippen LogP contribution in [0.25, 0.3) is 16.7 Å². The molecule has 0 aliphatic carbocycles. The third kappa shape index (κ3) is 3.14. The Morgan fingerprint density at radius 2 is 1.96 bits per heavy atom. The van der Waals surface area contributed by atoms with Gasteiger partial charge in [-0.3, -0.25) is 4.40 Å². The largest absolute Gasteiger partial charge is 0.368 e. The molecule has 0 bridgehead atoms. The minimum absolute atomic E-state index is 0.351. The number of nitrogens with zero attached hydrogens (tertiary/aromatic N) is 3. The number of anilines is 1. The van der Waals surface area contributed by atoms with E-state index in [-0.39, 0.29) is 0 Å². The van der Waals surface area contributed by atoms with Crippen LogP contribution in [0.2, 0.25) is 0 Å². The normalized spacial score (nSPS) is 12.7. The number of fused-ring (bicyclic) bond motifs is 3. The van der Waals surface area contributed by atoms with Crippen molar-refractivity contribution in [2.24, 2.45) is 5.92 Å². The summed E-state index contributed by atoms with van der Waals surface area (Å²) in [4.78, 5) is 4.78. The van der Waals surface area contributed by atoms with Crippen molar-refractivity contribution < 1.29 is 0 Å². The second kappa shape index (κ2) is 7.37. The predicted octanol–water partition coefficient (Wildman–Crippen LogP) is 5.47. The third-order valence-electron chi connectivity index (χ3n) is 5.20. The number of nitrogens with one attached hydrogen (secondary N) is 1. The van der Waals surface area contributed by atoms with Crippen molar-refractivity contribution in [3.63, 3.8) is 0 Å². The average Bonchev–Trinajstić information content (AvgIpc) is 3.00. The van der Waals surface area contributed by atoms with Gasteiger partial charge in [-0.2, -0.15) is 5.26 Å². The molecule has 0 saturated heterocycles. The van der Waals surface area contributed by atoms with Crippen molar-refractivity contribution in [1.82, 2.24) is 9.38 Å². The Kier molecular flexibility index (Phi) is 5.18. The standard InChI is InChI=1S/C22H28N4/c1-6-15(4)24-21-17(12-11-14(2)3)16(5)18(13-23)22-25-19-9-7-8-10-20(19)26(21)22/h7-10,14-15,24H,6,11-12H2,1-5H3. The van der Waals surface area contributed by atoms with E-state index in [2.05, 4.69) is 56.5 Å². The third-order valence-corrected chi connectivity index (χ3v) is 5.20. The number of imidazole rings is 1. The number of hydrogen-bond donors (Lipinski definition) is 1. The fraction of sp³-hybridized carbons (Fsp3) is 0.455. The lowest BCUT2D eigenvalue weighted by molar-refractivity contribution is 0.585. The van der Waals surface area contributed by atoms with Gasteiger partial charge >= 0.3 is 0 Å². The highest BCUT2D eigenvalue weighted by Gasteiger charge is 2.21. The monoisotopic (exact) mass is 348 g/mol. The number of nitriles is 1. The molecule has 26 heavy (non-hydrogen) atoms. The number of pyridine rings is 1. The highest BCUT2D eigenvalue weighted by Crippen LogP contribution is 2.32. The van der Waals surface area contributed by atoms with E-state index in [0.717, 1.165) is 47.3 Å². The predicted molar refractivity (Wildman–Crippen MR) is 109 cm³/mol. The molecule has 1 atom stereocenters. The molecule has 0 aliphatic heterocycles. The highest BCUT2D eigenvalue weighted by atomic mass is 15.1. The molecular weight excluding hydrogens is 320 g/mol. The summed E-state index contributed by atoms with van der Waals surface area (Å²) in [5.41, 5.74) is 5.72. The zero-order chi connectivity index (χ0) is 18.8. The molecule has 0 saturated carbocycles. The van der Waals surface area contributed by atoms with Gasteiger partial charge in [0.05, 0.1) is 16.6 Å². The first-order valence-electron chi connectivity index (χ1n) is 9.57. The van der Waals surface area contributed by atoms with Crippen molar-refractivity contribution in [1.29, 1.82) is 5.26 Å². The molecule has 2 heterocycles. The molecule has 3 rings (SSSR count). The van der Waals surface area contributed by atoms with E-state index in [1.165, 1.54) is 5.56 Å². The number of hydrogen-bond acceptors (Lipinski definition) is 3. The van der Waals surface area contributed by atoms with Crippen LogP contribution in [0, 0.1) is 24.2 Å². The van der Waals surface area contributed by atoms with Crippen LogP contribution in [0.1, 0.15) is 57.2 Å². The zero-order valence-electron chi connectivity index (χ0n) is 16.4. The summed E-state index contributed by atoms with van der Waals surface area (Å²) in [5, 5.41) is 13.5. The molecule has 1 N–H and O–H groups in total. The van der Waals surface area contributed by atoms with E-state index >= 15 is 0 Å². The first-order valence-corrected chi connectivity index (χ1v) is 9.57. The van der Waals surface area contributed by atoms with E-state index in [1.807, 2.05) is 18.2 Å². The van der Waals surface area contributed by atoms with E-state index in [0.29, 0.717) is 17.5 Å². The van der Waals surface area contributed by atoms with Crippen LogP contribution in [-0.2, 0) is 6.42 Å². The molecule has 1 unspecified atom stereocenters. The lowest BCUT2D eigenvalue weighted by atomic mass is 9.96. The average molecular weight is 348 g/mol. The van der Waals surface area contributed by atoms with Crippen LogP contribution in [0.3, 0.4) is 0 Å². The molecule has 0 spiro atoms. The molecule has 0 aliphatic rings. The summed E-state index contributed by atoms with van der Waals surface area (Å²) in [5.74, 6) is 1.71. The number of rotatable bonds is 6. The minimum atomic E-state index is 0.351. The van der Waals surface area contributed by atoms with Gasteiger partial charge in [0.1, 0.15) is 11.9 Å². The molecule has 0 radical (unpaired) electrons. The lowest BCUT2D eigenvalue weighted by Crippen LogP contribution is -2.19. The molecule has 0 amide bonds. The molecule has 136 valence electrons. The van der Waals surface area contributed by atoms with Crippen molar-refractivity contribution in [3.05, 3.63) is 41.0 Å². The molecule has 3 aromatic rings. The first-order chi connectivity index (χ1) is 12.5. The maximum Gasteiger partial charge on any atom is 0.157 e. The second-order valence-electron chi connectivity index (χ2n) is 7.58. The van der Waals surface area contributed by atoms with Crippen LogP contribution in [-0.4, -0.2) is 15.4 Å². The smallest absolute Gasteiger partial charge is 0.157 e. The Labute approximate surface area is 155 Å². The molecule has 1 aromatic carbocycles. The van der Waals surface area contributed by atoms with Crippen LogP contribution >= 0.6 is 0 Å². The van der Waals surface area contributed by atoms with E-state index in [9.17, 15) is 5.26 Å². The van der Waals surface area contributed by atoms with Crippen LogP contribution in [0.5, 0.6) is 0 Å². The van der Waals surface area contributed by atoms with Gasteiger partial charge in [-0.15, -0.1) is 0 Å². The minimum Gasteiger partial charge on any atom is -0.368 e. The quantitative estimate of drug-likeness (QED) is 0.643. The number of benzene rings is 1. The second-order valence-corrected chi connectivity index (χ2v) is 7.58. The Bertz CT molecular complexity index is 975. The Hall–Kier alpha value is -2.54. The lowest BCUT2D eigenvalue weighted by Gasteiger charge is -2.22. The Balaban J connectivity index is 2.38. The summed E-state index contributed by atoms with van der Waals surface area (Å²) in [6.45, 7) is 10.9. The molecule has 0 fully saturated rings. The van der Waals surface area contributed by atoms with Gasteiger partial charge in [0.15, 0.2) is 5.65 Å². The summed E-state index contributed by atoms with van der Waals surface area (Å²) in [6, 6.07) is 10.9. The molecule has 4 nitrogen and oxygen atoms in total. The molecule has 4 heteroatoms. The van der Waals surface area contributed by atoms with Crippen molar-refractivity contribution >= 4 is 22.5 Å². The Morgan fingerprint density at radius 1 is 1.23 bits per heavy atom. The van der Waals surface area contributed by atoms with Gasteiger partial charge in [0.2, 0.25) is 0 Å². The first kappa shape index (κ1) is 18.3. The van der Waals surface area contributed by atoms with Gasteiger partial charge in [-0.05, 0) is 62.3 Å². The number of para-hydroxylation sites is 2. The highest BCUT2D eigenvalue weighted by molar-refractivity contribution is 5.86. The fourth-order valence-electron chi connectivity index (χ4n) is 3.41. The molecule has 2 aromatic heterocycles.